The first-order chi connectivity index (χ1) is 13.2. The summed E-state index contributed by atoms with van der Waals surface area (Å²) in [7, 11) is 0. The lowest BCUT2D eigenvalue weighted by Gasteiger charge is -2.60. The summed E-state index contributed by atoms with van der Waals surface area (Å²) >= 11 is 0. The van der Waals surface area contributed by atoms with Crippen molar-refractivity contribution in [1.82, 2.24) is 14.7 Å². The van der Waals surface area contributed by atoms with Gasteiger partial charge in [-0.2, -0.15) is 10.2 Å². The van der Waals surface area contributed by atoms with Gasteiger partial charge in [0.1, 0.15) is 5.82 Å². The Labute approximate surface area is 158 Å². The first-order valence-electron chi connectivity index (χ1n) is 9.30. The van der Waals surface area contributed by atoms with E-state index in [1.54, 1.807) is 18.2 Å². The summed E-state index contributed by atoms with van der Waals surface area (Å²) in [5.74, 6) is -0.282. The molecule has 27 heavy (non-hydrogen) atoms. The molecule has 0 unspecified atom stereocenters. The lowest BCUT2D eigenvalue weighted by Crippen LogP contribution is -2.74. The summed E-state index contributed by atoms with van der Waals surface area (Å²) in [5, 5.41) is 8.96. The van der Waals surface area contributed by atoms with Crippen molar-refractivity contribution in [2.45, 2.75) is 0 Å². The van der Waals surface area contributed by atoms with Gasteiger partial charge < -0.3 is 0 Å². The molecule has 4 aliphatic heterocycles. The van der Waals surface area contributed by atoms with E-state index in [0.717, 1.165) is 50.9 Å². The van der Waals surface area contributed by atoms with Crippen LogP contribution in [0.15, 0.2) is 64.8 Å². The van der Waals surface area contributed by atoms with Gasteiger partial charge in [0.15, 0.2) is 0 Å². The Balaban J connectivity index is 1.53. The van der Waals surface area contributed by atoms with Crippen LogP contribution in [0.25, 0.3) is 0 Å². The molecule has 4 saturated heterocycles. The molecule has 2 aromatic rings. The molecule has 0 aliphatic carbocycles. The zero-order valence-electron chi connectivity index (χ0n) is 15.1. The predicted octanol–water partition coefficient (Wildman–Crippen LogP) is 2.45. The van der Waals surface area contributed by atoms with Crippen molar-refractivity contribution < 1.29 is 4.39 Å². The number of hydrogen-bond donors (Lipinski definition) is 0. The maximum atomic E-state index is 13.9. The Kier molecular flexibility index (Phi) is 4.11. The molecule has 2 aromatic carbocycles. The molecule has 0 N–H and O–H groups in total. The number of nitrogens with zero attached hydrogens (tertiary/aromatic N) is 5. The van der Waals surface area contributed by atoms with Crippen LogP contribution in [0.3, 0.4) is 0 Å². The van der Waals surface area contributed by atoms with E-state index in [4.69, 9.17) is 0 Å². The number of halogens is 1. The monoisotopic (exact) mass is 363 g/mol. The van der Waals surface area contributed by atoms with E-state index in [0.29, 0.717) is 5.56 Å². The Hall–Kier alpha value is -2.41. The van der Waals surface area contributed by atoms with Gasteiger partial charge in [-0.15, -0.1) is 0 Å². The second-order valence-electron chi connectivity index (χ2n) is 7.77. The number of hydrogen-bond acceptors (Lipinski definition) is 5. The van der Waals surface area contributed by atoms with Gasteiger partial charge in [0.2, 0.25) is 0 Å². The zero-order valence-corrected chi connectivity index (χ0v) is 15.1. The first-order valence-corrected chi connectivity index (χ1v) is 9.30. The van der Waals surface area contributed by atoms with E-state index in [1.807, 2.05) is 18.2 Å². The van der Waals surface area contributed by atoms with Gasteiger partial charge in [0.05, 0.1) is 37.3 Å². The van der Waals surface area contributed by atoms with Crippen LogP contribution in [-0.4, -0.2) is 66.3 Å². The molecule has 138 valence electrons. The SMILES string of the molecule is Fc1ccccc1/C=N\N=C(\c1ccccc1)C12CN3CN(CN(C3)C1)C2. The van der Waals surface area contributed by atoms with Crippen LogP contribution in [0.5, 0.6) is 0 Å². The summed E-state index contributed by atoms with van der Waals surface area (Å²) < 4.78 is 13.9. The van der Waals surface area contributed by atoms with Gasteiger partial charge in [-0.1, -0.05) is 48.5 Å². The summed E-state index contributed by atoms with van der Waals surface area (Å²) in [6.45, 7) is 6.05. The molecule has 6 heteroatoms. The fourth-order valence-electron chi connectivity index (χ4n) is 4.74. The van der Waals surface area contributed by atoms with Crippen LogP contribution in [0.2, 0.25) is 0 Å². The minimum atomic E-state index is -0.282. The van der Waals surface area contributed by atoms with E-state index in [1.165, 1.54) is 12.3 Å². The van der Waals surface area contributed by atoms with E-state index in [2.05, 4.69) is 37.0 Å². The van der Waals surface area contributed by atoms with E-state index in [-0.39, 0.29) is 11.2 Å². The largest absolute Gasteiger partial charge is 0.276 e. The molecule has 4 aliphatic rings. The number of benzene rings is 2. The van der Waals surface area contributed by atoms with E-state index < -0.39 is 0 Å². The van der Waals surface area contributed by atoms with Crippen molar-refractivity contribution in [2.24, 2.45) is 15.6 Å². The van der Waals surface area contributed by atoms with Crippen molar-refractivity contribution >= 4 is 11.9 Å². The van der Waals surface area contributed by atoms with E-state index >= 15 is 0 Å². The van der Waals surface area contributed by atoms with Gasteiger partial charge in [0, 0.05) is 25.2 Å². The quantitative estimate of drug-likeness (QED) is 0.618. The van der Waals surface area contributed by atoms with E-state index in [9.17, 15) is 4.39 Å². The van der Waals surface area contributed by atoms with Crippen molar-refractivity contribution in [1.29, 1.82) is 0 Å². The van der Waals surface area contributed by atoms with Gasteiger partial charge in [-0.05, 0) is 11.6 Å². The average Bonchev–Trinajstić information content (AvgIpc) is 2.66. The molecular formula is C21H22FN5. The van der Waals surface area contributed by atoms with Crippen LogP contribution in [-0.2, 0) is 0 Å². The molecule has 4 heterocycles. The standard InChI is InChI=1S/C21H22FN5/c22-19-9-5-4-8-18(19)10-23-24-20(17-6-2-1-3-7-17)21-11-25-14-26(12-21)16-27(13-21)15-25/h1-10H,11-16H2/b23-10-,24-20-. The lowest BCUT2D eigenvalue weighted by molar-refractivity contribution is -0.149. The maximum absolute atomic E-state index is 13.9. The average molecular weight is 363 g/mol. The van der Waals surface area contributed by atoms with Crippen LogP contribution >= 0.6 is 0 Å². The Bertz CT molecular complexity index is 857. The third-order valence-corrected chi connectivity index (χ3v) is 5.59. The molecule has 0 radical (unpaired) electrons. The van der Waals surface area contributed by atoms with Gasteiger partial charge >= 0.3 is 0 Å². The third-order valence-electron chi connectivity index (χ3n) is 5.59. The highest BCUT2D eigenvalue weighted by atomic mass is 19.1. The highest BCUT2D eigenvalue weighted by Gasteiger charge is 2.51. The van der Waals surface area contributed by atoms with Crippen LogP contribution < -0.4 is 0 Å². The van der Waals surface area contributed by atoms with Crippen molar-refractivity contribution in [3.8, 4) is 0 Å². The Morgan fingerprint density at radius 1 is 0.852 bits per heavy atom. The van der Waals surface area contributed by atoms with Gasteiger partial charge in [0.25, 0.3) is 0 Å². The first kappa shape index (κ1) is 16.7. The highest BCUT2D eigenvalue weighted by Crippen LogP contribution is 2.38. The summed E-state index contributed by atoms with van der Waals surface area (Å²) in [4.78, 5) is 7.40. The molecule has 4 bridgehead atoms. The molecule has 0 amide bonds. The van der Waals surface area contributed by atoms with Crippen molar-refractivity contribution in [2.75, 3.05) is 39.6 Å². The van der Waals surface area contributed by atoms with Gasteiger partial charge in [-0.25, -0.2) is 4.39 Å². The number of rotatable bonds is 4. The third kappa shape index (κ3) is 3.10. The molecular weight excluding hydrogens is 341 g/mol. The predicted molar refractivity (Wildman–Crippen MR) is 104 cm³/mol. The van der Waals surface area contributed by atoms with Gasteiger partial charge in [-0.3, -0.25) is 14.7 Å². The Morgan fingerprint density at radius 3 is 2.07 bits per heavy atom. The van der Waals surface area contributed by atoms with Crippen molar-refractivity contribution in [3.05, 3.63) is 71.5 Å². The fraction of sp³-hybridized carbons (Fsp3) is 0.333. The minimum absolute atomic E-state index is 0.0668. The Morgan fingerprint density at radius 2 is 1.44 bits per heavy atom. The van der Waals surface area contributed by atoms with Crippen LogP contribution in [0.4, 0.5) is 4.39 Å². The van der Waals surface area contributed by atoms with Crippen molar-refractivity contribution in [3.63, 3.8) is 0 Å². The maximum Gasteiger partial charge on any atom is 0.132 e. The molecule has 0 aromatic heterocycles. The molecule has 0 spiro atoms. The molecule has 4 fully saturated rings. The summed E-state index contributed by atoms with van der Waals surface area (Å²) in [5.41, 5.74) is 2.47. The molecule has 0 atom stereocenters. The lowest BCUT2D eigenvalue weighted by atomic mass is 9.74. The molecule has 5 nitrogen and oxygen atoms in total. The minimum Gasteiger partial charge on any atom is -0.276 e. The normalized spacial score (nSPS) is 32.3. The topological polar surface area (TPSA) is 34.4 Å². The smallest absolute Gasteiger partial charge is 0.132 e. The van der Waals surface area contributed by atoms with Crippen LogP contribution in [0, 0.1) is 11.2 Å². The zero-order chi connectivity index (χ0) is 18.3. The highest BCUT2D eigenvalue weighted by molar-refractivity contribution is 6.05. The molecule has 0 saturated carbocycles. The fourth-order valence-corrected chi connectivity index (χ4v) is 4.74. The summed E-state index contributed by atoms with van der Waals surface area (Å²) in [6, 6.07) is 16.9. The molecule has 6 rings (SSSR count). The second kappa shape index (κ2) is 6.64. The summed E-state index contributed by atoms with van der Waals surface area (Å²) in [6.07, 6.45) is 1.51. The second-order valence-corrected chi connectivity index (χ2v) is 7.77. The van der Waals surface area contributed by atoms with Crippen LogP contribution in [0.1, 0.15) is 11.1 Å².